The molecule has 7 heteroatoms. The van der Waals surface area contributed by atoms with Crippen LogP contribution in [0.4, 0.5) is 14.9 Å². The van der Waals surface area contributed by atoms with Crippen molar-refractivity contribution in [2.45, 2.75) is 37.8 Å². The molecule has 3 aliphatic rings. The number of hydrazine groups is 1. The fraction of sp³-hybridized carbons (Fsp3) is 0.458. The van der Waals surface area contributed by atoms with Gasteiger partial charge < -0.3 is 9.64 Å². The molecule has 0 atom stereocenters. The Morgan fingerprint density at radius 2 is 1.81 bits per heavy atom. The van der Waals surface area contributed by atoms with Crippen LogP contribution in [0.5, 0.6) is 0 Å². The Kier molecular flexibility index (Phi) is 5.42. The molecule has 1 spiro atoms. The summed E-state index contributed by atoms with van der Waals surface area (Å²) in [6, 6.07) is 13.4. The Morgan fingerprint density at radius 1 is 1.10 bits per heavy atom. The SMILES string of the molecule is Cc1c(F)cccc1CN1C(=O)N(c2ccc(C3CNNC3)cc2)CC12CCOCC2. The van der Waals surface area contributed by atoms with Crippen molar-refractivity contribution in [3.8, 4) is 0 Å². The molecule has 3 aliphatic heterocycles. The van der Waals surface area contributed by atoms with E-state index in [1.54, 1.807) is 13.0 Å². The van der Waals surface area contributed by atoms with Gasteiger partial charge in [-0.25, -0.2) is 9.18 Å². The number of hydrogen-bond donors (Lipinski definition) is 2. The lowest BCUT2D eigenvalue weighted by molar-refractivity contribution is 0.00604. The van der Waals surface area contributed by atoms with E-state index in [1.165, 1.54) is 11.6 Å². The van der Waals surface area contributed by atoms with Crippen LogP contribution in [0.1, 0.15) is 35.4 Å². The first kappa shape index (κ1) is 20.4. The van der Waals surface area contributed by atoms with Gasteiger partial charge in [-0.05, 0) is 54.7 Å². The average molecular weight is 425 g/mol. The minimum atomic E-state index is -0.286. The van der Waals surface area contributed by atoms with Crippen LogP contribution < -0.4 is 15.8 Å². The quantitative estimate of drug-likeness (QED) is 0.791. The van der Waals surface area contributed by atoms with Gasteiger partial charge in [0, 0.05) is 44.5 Å². The predicted octanol–water partition coefficient (Wildman–Crippen LogP) is 3.32. The fourth-order valence-corrected chi connectivity index (χ4v) is 5.03. The van der Waals surface area contributed by atoms with E-state index in [0.29, 0.717) is 37.8 Å². The Bertz CT molecular complexity index is 953. The summed E-state index contributed by atoms with van der Waals surface area (Å²) < 4.78 is 19.8. The van der Waals surface area contributed by atoms with Crippen LogP contribution in [-0.2, 0) is 11.3 Å². The number of nitrogens with one attached hydrogen (secondary N) is 2. The normalized spacial score (nSPS) is 21.4. The van der Waals surface area contributed by atoms with Crippen molar-refractivity contribution in [1.29, 1.82) is 0 Å². The van der Waals surface area contributed by atoms with Crippen LogP contribution in [0, 0.1) is 12.7 Å². The maximum Gasteiger partial charge on any atom is 0.325 e. The Morgan fingerprint density at radius 3 is 2.52 bits per heavy atom. The number of anilines is 1. The van der Waals surface area contributed by atoms with E-state index in [9.17, 15) is 9.18 Å². The highest BCUT2D eigenvalue weighted by molar-refractivity contribution is 5.95. The first-order valence-electron chi connectivity index (χ1n) is 11.0. The molecule has 6 nitrogen and oxygen atoms in total. The van der Waals surface area contributed by atoms with E-state index in [0.717, 1.165) is 37.2 Å². The summed E-state index contributed by atoms with van der Waals surface area (Å²) in [4.78, 5) is 17.5. The van der Waals surface area contributed by atoms with Gasteiger partial charge in [0.1, 0.15) is 5.82 Å². The van der Waals surface area contributed by atoms with Crippen molar-refractivity contribution in [3.63, 3.8) is 0 Å². The molecule has 0 radical (unpaired) electrons. The number of nitrogens with zero attached hydrogens (tertiary/aromatic N) is 2. The van der Waals surface area contributed by atoms with E-state index in [1.807, 2.05) is 15.9 Å². The molecule has 3 fully saturated rings. The lowest BCUT2D eigenvalue weighted by Crippen LogP contribution is -2.50. The summed E-state index contributed by atoms with van der Waals surface area (Å²) in [5.41, 5.74) is 9.69. The maximum atomic E-state index is 14.1. The predicted molar refractivity (Wildman–Crippen MR) is 117 cm³/mol. The number of ether oxygens (including phenoxy) is 1. The van der Waals surface area contributed by atoms with Crippen LogP contribution in [0.15, 0.2) is 42.5 Å². The topological polar surface area (TPSA) is 56.8 Å². The Balaban J connectivity index is 1.43. The van der Waals surface area contributed by atoms with Crippen LogP contribution >= 0.6 is 0 Å². The summed E-state index contributed by atoms with van der Waals surface area (Å²) in [7, 11) is 0. The smallest absolute Gasteiger partial charge is 0.325 e. The third-order valence-corrected chi connectivity index (χ3v) is 7.12. The third kappa shape index (κ3) is 3.71. The van der Waals surface area contributed by atoms with Crippen LogP contribution in [0.3, 0.4) is 0 Å². The second-order valence-electron chi connectivity index (χ2n) is 8.87. The summed E-state index contributed by atoms with van der Waals surface area (Å²) in [6.07, 6.45) is 1.59. The molecule has 164 valence electrons. The van der Waals surface area contributed by atoms with Crippen molar-refractivity contribution < 1.29 is 13.9 Å². The summed E-state index contributed by atoms with van der Waals surface area (Å²) >= 11 is 0. The van der Waals surface area contributed by atoms with Gasteiger partial charge in [-0.15, -0.1) is 0 Å². The summed E-state index contributed by atoms with van der Waals surface area (Å²) in [6.45, 7) is 5.93. The first-order valence-corrected chi connectivity index (χ1v) is 11.0. The zero-order chi connectivity index (χ0) is 21.4. The summed E-state index contributed by atoms with van der Waals surface area (Å²) in [5.74, 6) is 0.214. The van der Waals surface area contributed by atoms with Gasteiger partial charge in [0.2, 0.25) is 0 Å². The van der Waals surface area contributed by atoms with E-state index in [-0.39, 0.29) is 17.4 Å². The summed E-state index contributed by atoms with van der Waals surface area (Å²) in [5, 5.41) is 0. The van der Waals surface area contributed by atoms with Crippen molar-refractivity contribution in [2.24, 2.45) is 0 Å². The molecule has 0 aromatic heterocycles. The van der Waals surface area contributed by atoms with E-state index >= 15 is 0 Å². The zero-order valence-corrected chi connectivity index (χ0v) is 17.9. The second-order valence-corrected chi connectivity index (χ2v) is 8.87. The standard InChI is InChI=1S/C24H29FN4O2/c1-17-19(3-2-4-22(17)25)15-29-23(30)28(16-24(29)9-11-31-12-10-24)21-7-5-18(6-8-21)20-13-26-27-14-20/h2-8,20,26-27H,9-16H2,1H3. The lowest BCUT2D eigenvalue weighted by atomic mass is 9.88. The minimum Gasteiger partial charge on any atom is -0.381 e. The zero-order valence-electron chi connectivity index (χ0n) is 17.9. The number of rotatable bonds is 4. The van der Waals surface area contributed by atoms with E-state index in [4.69, 9.17) is 4.74 Å². The van der Waals surface area contributed by atoms with Crippen molar-refractivity contribution >= 4 is 11.7 Å². The molecule has 31 heavy (non-hydrogen) atoms. The number of halogens is 1. The lowest BCUT2D eigenvalue weighted by Gasteiger charge is -2.40. The third-order valence-electron chi connectivity index (χ3n) is 7.12. The Labute approximate surface area is 182 Å². The Hall–Kier alpha value is -2.48. The minimum absolute atomic E-state index is 0.0116. The highest BCUT2D eigenvalue weighted by Crippen LogP contribution is 2.39. The molecular formula is C24H29FN4O2. The molecule has 0 aliphatic carbocycles. The fourth-order valence-electron chi connectivity index (χ4n) is 5.03. The van der Waals surface area contributed by atoms with Crippen molar-refractivity contribution in [3.05, 3.63) is 65.0 Å². The monoisotopic (exact) mass is 424 g/mol. The van der Waals surface area contributed by atoms with Crippen molar-refractivity contribution in [1.82, 2.24) is 15.8 Å². The molecule has 0 saturated carbocycles. The number of urea groups is 1. The molecule has 3 saturated heterocycles. The number of hydrogen-bond acceptors (Lipinski definition) is 4. The van der Waals surface area contributed by atoms with Gasteiger partial charge in [-0.2, -0.15) is 0 Å². The van der Waals surface area contributed by atoms with Gasteiger partial charge in [0.15, 0.2) is 0 Å². The molecule has 2 aromatic carbocycles. The number of carbonyl (C=O) groups is 1. The molecule has 2 aromatic rings. The number of amides is 2. The van der Waals surface area contributed by atoms with Gasteiger partial charge in [-0.1, -0.05) is 24.3 Å². The molecule has 2 amide bonds. The average Bonchev–Trinajstić information content (AvgIpc) is 3.41. The van der Waals surface area contributed by atoms with Crippen molar-refractivity contribution in [2.75, 3.05) is 37.7 Å². The first-order chi connectivity index (χ1) is 15.1. The largest absolute Gasteiger partial charge is 0.381 e. The molecule has 2 N–H and O–H groups in total. The van der Waals surface area contributed by atoms with E-state index in [2.05, 4.69) is 35.1 Å². The van der Waals surface area contributed by atoms with Crippen LogP contribution in [-0.4, -0.2) is 49.3 Å². The van der Waals surface area contributed by atoms with E-state index < -0.39 is 0 Å². The molecule has 5 rings (SSSR count). The highest BCUT2D eigenvalue weighted by Gasteiger charge is 2.50. The highest BCUT2D eigenvalue weighted by atomic mass is 19.1. The van der Waals surface area contributed by atoms with Gasteiger partial charge in [-0.3, -0.25) is 15.8 Å². The van der Waals surface area contributed by atoms with Crippen LogP contribution in [0.25, 0.3) is 0 Å². The molecular weight excluding hydrogens is 395 g/mol. The van der Waals surface area contributed by atoms with Gasteiger partial charge >= 0.3 is 6.03 Å². The van der Waals surface area contributed by atoms with Gasteiger partial charge in [0.05, 0.1) is 12.1 Å². The number of carbonyl (C=O) groups excluding carboxylic acids is 1. The maximum absolute atomic E-state index is 14.1. The molecule has 3 heterocycles. The van der Waals surface area contributed by atoms with Crippen LogP contribution in [0.2, 0.25) is 0 Å². The molecule has 0 bridgehead atoms. The molecule has 0 unspecified atom stereocenters. The van der Waals surface area contributed by atoms with Gasteiger partial charge in [0.25, 0.3) is 0 Å². The number of benzene rings is 2. The second kappa shape index (κ2) is 8.22.